The van der Waals surface area contributed by atoms with Crippen molar-refractivity contribution in [3.8, 4) is 11.8 Å². The highest BCUT2D eigenvalue weighted by Crippen LogP contribution is 2.27. The van der Waals surface area contributed by atoms with Crippen LogP contribution in [0.4, 0.5) is 0 Å². The second-order valence-corrected chi connectivity index (χ2v) is 6.03. The molecule has 1 fully saturated rings. The molecular formula is C15H21NOS. The van der Waals surface area contributed by atoms with Crippen LogP contribution in [-0.4, -0.2) is 30.2 Å². The van der Waals surface area contributed by atoms with E-state index >= 15 is 0 Å². The fourth-order valence-corrected chi connectivity index (χ4v) is 3.12. The lowest BCUT2D eigenvalue weighted by Crippen LogP contribution is -2.28. The quantitative estimate of drug-likeness (QED) is 0.826. The molecule has 2 rings (SSSR count). The zero-order chi connectivity index (χ0) is 12.8. The minimum Gasteiger partial charge on any atom is -0.395 e. The average molecular weight is 263 g/mol. The molecule has 18 heavy (non-hydrogen) atoms. The summed E-state index contributed by atoms with van der Waals surface area (Å²) >= 11 is 1.78. The van der Waals surface area contributed by atoms with Crippen molar-refractivity contribution in [3.63, 3.8) is 0 Å². The van der Waals surface area contributed by atoms with Crippen LogP contribution in [0.25, 0.3) is 0 Å². The van der Waals surface area contributed by atoms with E-state index in [0.29, 0.717) is 6.42 Å². The van der Waals surface area contributed by atoms with Crippen molar-refractivity contribution in [2.45, 2.75) is 32.2 Å². The van der Waals surface area contributed by atoms with Crippen molar-refractivity contribution in [1.82, 2.24) is 4.90 Å². The molecule has 0 radical (unpaired) electrons. The summed E-state index contributed by atoms with van der Waals surface area (Å²) in [6.07, 6.45) is 4.78. The average Bonchev–Trinajstić information content (AvgIpc) is 2.72. The van der Waals surface area contributed by atoms with Gasteiger partial charge in [-0.2, -0.15) is 0 Å². The highest BCUT2D eigenvalue weighted by Gasteiger charge is 2.19. The molecule has 0 aliphatic heterocycles. The van der Waals surface area contributed by atoms with Gasteiger partial charge in [-0.05, 0) is 37.3 Å². The monoisotopic (exact) mass is 263 g/mol. The van der Waals surface area contributed by atoms with Gasteiger partial charge in [0.1, 0.15) is 0 Å². The zero-order valence-corrected chi connectivity index (χ0v) is 11.8. The predicted molar refractivity (Wildman–Crippen MR) is 76.6 cm³/mol. The second kappa shape index (κ2) is 6.94. The SMILES string of the molecule is CN(Cc1sccc1C#CCCO)CC1CCC1. The minimum atomic E-state index is 0.147. The number of hydrogen-bond donors (Lipinski definition) is 1. The van der Waals surface area contributed by atoms with Gasteiger partial charge in [-0.1, -0.05) is 18.3 Å². The Labute approximate surface area is 114 Å². The largest absolute Gasteiger partial charge is 0.395 e. The van der Waals surface area contributed by atoms with Gasteiger partial charge in [-0.15, -0.1) is 11.3 Å². The van der Waals surface area contributed by atoms with E-state index in [0.717, 1.165) is 18.0 Å². The van der Waals surface area contributed by atoms with Crippen molar-refractivity contribution in [1.29, 1.82) is 0 Å². The van der Waals surface area contributed by atoms with Crippen LogP contribution in [-0.2, 0) is 6.54 Å². The first-order valence-electron chi connectivity index (χ1n) is 6.64. The van der Waals surface area contributed by atoms with Crippen molar-refractivity contribution in [2.24, 2.45) is 5.92 Å². The van der Waals surface area contributed by atoms with Gasteiger partial charge in [0.15, 0.2) is 0 Å². The lowest BCUT2D eigenvalue weighted by atomic mass is 9.85. The summed E-state index contributed by atoms with van der Waals surface area (Å²) in [4.78, 5) is 3.76. The van der Waals surface area contributed by atoms with Crippen molar-refractivity contribution in [2.75, 3.05) is 20.2 Å². The Morgan fingerprint density at radius 1 is 1.50 bits per heavy atom. The minimum absolute atomic E-state index is 0.147. The van der Waals surface area contributed by atoms with E-state index in [1.54, 1.807) is 11.3 Å². The van der Waals surface area contributed by atoms with E-state index in [1.807, 2.05) is 0 Å². The molecule has 3 heteroatoms. The first-order chi connectivity index (χ1) is 8.79. The smallest absolute Gasteiger partial charge is 0.0540 e. The van der Waals surface area contributed by atoms with E-state index in [9.17, 15) is 0 Å². The Morgan fingerprint density at radius 3 is 3.00 bits per heavy atom. The molecule has 1 N–H and O–H groups in total. The summed E-state index contributed by atoms with van der Waals surface area (Å²) < 4.78 is 0. The Hall–Kier alpha value is -0.820. The number of nitrogens with zero attached hydrogens (tertiary/aromatic N) is 1. The van der Waals surface area contributed by atoms with Gasteiger partial charge in [-0.25, -0.2) is 0 Å². The highest BCUT2D eigenvalue weighted by molar-refractivity contribution is 7.10. The van der Waals surface area contributed by atoms with Crippen molar-refractivity contribution >= 4 is 11.3 Å². The number of aliphatic hydroxyl groups excluding tert-OH is 1. The Morgan fingerprint density at radius 2 is 2.33 bits per heavy atom. The lowest BCUT2D eigenvalue weighted by Gasteiger charge is -2.29. The topological polar surface area (TPSA) is 23.5 Å². The fourth-order valence-electron chi connectivity index (χ4n) is 2.21. The third kappa shape index (κ3) is 3.84. The van der Waals surface area contributed by atoms with Crippen LogP contribution in [0.1, 0.15) is 36.1 Å². The molecular weight excluding hydrogens is 242 g/mol. The summed E-state index contributed by atoms with van der Waals surface area (Å²) in [7, 11) is 2.20. The van der Waals surface area contributed by atoms with Crippen LogP contribution in [0.15, 0.2) is 11.4 Å². The highest BCUT2D eigenvalue weighted by atomic mass is 32.1. The van der Waals surface area contributed by atoms with Gasteiger partial charge in [0.25, 0.3) is 0 Å². The van der Waals surface area contributed by atoms with Gasteiger partial charge < -0.3 is 10.0 Å². The maximum Gasteiger partial charge on any atom is 0.0540 e. The Balaban J connectivity index is 1.88. The van der Waals surface area contributed by atoms with E-state index < -0.39 is 0 Å². The van der Waals surface area contributed by atoms with Crippen molar-refractivity contribution < 1.29 is 5.11 Å². The van der Waals surface area contributed by atoms with Crippen LogP contribution in [0.2, 0.25) is 0 Å². The molecule has 0 bridgehead atoms. The maximum atomic E-state index is 8.73. The molecule has 1 aliphatic carbocycles. The summed E-state index contributed by atoms with van der Waals surface area (Å²) in [6, 6.07) is 2.08. The van der Waals surface area contributed by atoms with Crippen molar-refractivity contribution in [3.05, 3.63) is 21.9 Å². The van der Waals surface area contributed by atoms with E-state index in [-0.39, 0.29) is 6.61 Å². The van der Waals surface area contributed by atoms with Crippen LogP contribution in [0.3, 0.4) is 0 Å². The molecule has 1 saturated carbocycles. The molecule has 2 nitrogen and oxygen atoms in total. The van der Waals surface area contributed by atoms with Gasteiger partial charge in [0, 0.05) is 30.0 Å². The number of hydrogen-bond acceptors (Lipinski definition) is 3. The van der Waals surface area contributed by atoms with Gasteiger partial charge >= 0.3 is 0 Å². The van der Waals surface area contributed by atoms with Gasteiger partial charge in [0.2, 0.25) is 0 Å². The molecule has 1 aliphatic rings. The van der Waals surface area contributed by atoms with Crippen LogP contribution in [0, 0.1) is 17.8 Å². The Kier molecular flexibility index (Phi) is 5.25. The maximum absolute atomic E-state index is 8.73. The molecule has 0 saturated heterocycles. The van der Waals surface area contributed by atoms with Gasteiger partial charge in [-0.3, -0.25) is 0 Å². The fraction of sp³-hybridized carbons (Fsp3) is 0.600. The molecule has 0 atom stereocenters. The molecule has 0 unspecified atom stereocenters. The first-order valence-corrected chi connectivity index (χ1v) is 7.52. The first kappa shape index (κ1) is 13.6. The summed E-state index contributed by atoms with van der Waals surface area (Å²) in [5.74, 6) is 7.07. The number of thiophene rings is 1. The van der Waals surface area contributed by atoms with Crippen LogP contribution >= 0.6 is 11.3 Å². The predicted octanol–water partition coefficient (Wildman–Crippen LogP) is 2.71. The molecule has 0 aromatic carbocycles. The third-order valence-electron chi connectivity index (χ3n) is 3.41. The van der Waals surface area contributed by atoms with E-state index in [1.165, 1.54) is 30.7 Å². The molecule has 1 aromatic heterocycles. The number of rotatable bonds is 5. The van der Waals surface area contributed by atoms with Crippen LogP contribution < -0.4 is 0 Å². The summed E-state index contributed by atoms with van der Waals surface area (Å²) in [5, 5.41) is 10.8. The number of aliphatic hydroxyl groups is 1. The second-order valence-electron chi connectivity index (χ2n) is 5.03. The summed E-state index contributed by atoms with van der Waals surface area (Å²) in [6.45, 7) is 2.35. The van der Waals surface area contributed by atoms with E-state index in [2.05, 4.69) is 35.2 Å². The lowest BCUT2D eigenvalue weighted by molar-refractivity contribution is 0.201. The molecule has 98 valence electrons. The molecule has 0 amide bonds. The molecule has 0 spiro atoms. The normalized spacial score (nSPS) is 15.3. The Bertz CT molecular complexity index is 425. The van der Waals surface area contributed by atoms with E-state index in [4.69, 9.17) is 5.11 Å². The third-order valence-corrected chi connectivity index (χ3v) is 4.32. The van der Waals surface area contributed by atoms with Crippen LogP contribution in [0.5, 0.6) is 0 Å². The summed E-state index contributed by atoms with van der Waals surface area (Å²) in [5.41, 5.74) is 1.13. The zero-order valence-electron chi connectivity index (χ0n) is 11.0. The molecule has 1 heterocycles. The van der Waals surface area contributed by atoms with Gasteiger partial charge in [0.05, 0.1) is 6.61 Å². The standard InChI is InChI=1S/C15H21NOS/c1-16(11-13-5-4-6-13)12-15-14(8-10-18-15)7-2-3-9-17/h8,10,13,17H,3-6,9,11-12H2,1H3. The molecule has 1 aromatic rings.